The van der Waals surface area contributed by atoms with E-state index >= 15 is 0 Å². The first-order valence-electron chi connectivity index (χ1n) is 8.18. The van der Waals surface area contributed by atoms with Crippen molar-refractivity contribution in [3.63, 3.8) is 0 Å². The number of morpholine rings is 1. The zero-order chi connectivity index (χ0) is 17.3. The molecule has 1 fully saturated rings. The van der Waals surface area contributed by atoms with Crippen molar-refractivity contribution in [3.8, 4) is 5.88 Å². The molecule has 1 saturated heterocycles. The summed E-state index contributed by atoms with van der Waals surface area (Å²) in [6, 6.07) is 5.55. The molecule has 1 aromatic rings. The van der Waals surface area contributed by atoms with Crippen molar-refractivity contribution >= 4 is 11.7 Å². The van der Waals surface area contributed by atoms with Crippen molar-refractivity contribution in [1.29, 1.82) is 0 Å². The average Bonchev–Trinajstić information content (AvgIpc) is 2.52. The molecule has 2 unspecified atom stereocenters. The summed E-state index contributed by atoms with van der Waals surface area (Å²) in [5.74, 6) is 0.587. The maximum atomic E-state index is 12.6. The number of hydrogen-bond donors (Lipinski definition) is 0. The highest BCUT2D eigenvalue weighted by molar-refractivity contribution is 5.74. The van der Waals surface area contributed by atoms with E-state index in [1.807, 2.05) is 39.0 Å². The van der Waals surface area contributed by atoms with Crippen molar-refractivity contribution in [2.75, 3.05) is 20.3 Å². The molecule has 2 aliphatic heterocycles. The normalized spacial score (nSPS) is 23.5. The van der Waals surface area contributed by atoms with Crippen LogP contribution < -0.4 is 4.74 Å². The molecule has 1 aromatic heterocycles. The zero-order valence-electron chi connectivity index (χ0n) is 14.6. The highest BCUT2D eigenvalue weighted by Crippen LogP contribution is 2.33. The van der Waals surface area contributed by atoms with Gasteiger partial charge in [0.2, 0.25) is 5.88 Å². The Morgan fingerprint density at radius 3 is 2.79 bits per heavy atom. The number of fused-ring (bicyclic) bond motifs is 2. The quantitative estimate of drug-likeness (QED) is 0.833. The van der Waals surface area contributed by atoms with Crippen molar-refractivity contribution in [2.24, 2.45) is 0 Å². The molecule has 0 N–H and O–H groups in total. The smallest absolute Gasteiger partial charge is 0.411 e. The molecule has 130 valence electrons. The highest BCUT2D eigenvalue weighted by atomic mass is 16.6. The van der Waals surface area contributed by atoms with Crippen LogP contribution in [0, 0.1) is 0 Å². The van der Waals surface area contributed by atoms with Crippen LogP contribution in [0.4, 0.5) is 4.79 Å². The van der Waals surface area contributed by atoms with Crippen molar-refractivity contribution < 1.29 is 19.0 Å². The lowest BCUT2D eigenvalue weighted by molar-refractivity contribution is -0.0511. The van der Waals surface area contributed by atoms with E-state index in [0.717, 1.165) is 11.3 Å². The molecule has 0 aliphatic carbocycles. The van der Waals surface area contributed by atoms with E-state index in [0.29, 0.717) is 25.5 Å². The molecule has 24 heavy (non-hydrogen) atoms. The molecule has 2 atom stereocenters. The van der Waals surface area contributed by atoms with Gasteiger partial charge in [-0.15, -0.1) is 0 Å². The van der Waals surface area contributed by atoms with Crippen LogP contribution >= 0.6 is 0 Å². The molecule has 6 nitrogen and oxygen atoms in total. The minimum atomic E-state index is -0.509. The molecule has 3 heterocycles. The second-order valence-electron chi connectivity index (χ2n) is 7.11. The van der Waals surface area contributed by atoms with E-state index in [-0.39, 0.29) is 18.2 Å². The number of methoxy groups -OCH3 is 1. The first-order valence-corrected chi connectivity index (χ1v) is 8.18. The highest BCUT2D eigenvalue weighted by Gasteiger charge is 2.40. The monoisotopic (exact) mass is 332 g/mol. The number of pyridine rings is 1. The Labute approximate surface area is 142 Å². The molecular weight excluding hydrogens is 308 g/mol. The zero-order valence-corrected chi connectivity index (χ0v) is 14.6. The number of ether oxygens (including phenoxy) is 3. The first-order chi connectivity index (χ1) is 11.4. The summed E-state index contributed by atoms with van der Waals surface area (Å²) >= 11 is 0. The van der Waals surface area contributed by atoms with Gasteiger partial charge in [-0.25, -0.2) is 9.78 Å². The van der Waals surface area contributed by atoms with Gasteiger partial charge in [-0.1, -0.05) is 12.1 Å². The molecule has 1 amide bonds. The summed E-state index contributed by atoms with van der Waals surface area (Å²) < 4.78 is 16.4. The summed E-state index contributed by atoms with van der Waals surface area (Å²) in [4.78, 5) is 18.9. The molecule has 2 bridgehead atoms. The van der Waals surface area contributed by atoms with Gasteiger partial charge in [0.25, 0.3) is 0 Å². The van der Waals surface area contributed by atoms with E-state index in [4.69, 9.17) is 14.2 Å². The van der Waals surface area contributed by atoms with Crippen LogP contribution in [0.15, 0.2) is 24.3 Å². The van der Waals surface area contributed by atoms with Crippen molar-refractivity contribution in [3.05, 3.63) is 30.0 Å². The third-order valence-electron chi connectivity index (χ3n) is 4.06. The Bertz CT molecular complexity index is 651. The first kappa shape index (κ1) is 16.8. The molecule has 0 radical (unpaired) electrons. The molecule has 6 heteroatoms. The SMILES string of the molecule is COc1cccc(C2=CC3COCC(C2)N3C(=O)OC(C)(C)C)n1. The number of nitrogens with zero attached hydrogens (tertiary/aromatic N) is 2. The topological polar surface area (TPSA) is 60.9 Å². The van der Waals surface area contributed by atoms with Crippen LogP contribution in [0.1, 0.15) is 32.9 Å². The van der Waals surface area contributed by atoms with Gasteiger partial charge in [0, 0.05) is 6.07 Å². The van der Waals surface area contributed by atoms with Crippen molar-refractivity contribution in [1.82, 2.24) is 9.88 Å². The van der Waals surface area contributed by atoms with Crippen LogP contribution in [0.3, 0.4) is 0 Å². The second-order valence-corrected chi connectivity index (χ2v) is 7.11. The molecule has 0 aromatic carbocycles. The summed E-state index contributed by atoms with van der Waals surface area (Å²) in [5.41, 5.74) is 1.49. The summed E-state index contributed by atoms with van der Waals surface area (Å²) in [5, 5.41) is 0. The summed E-state index contributed by atoms with van der Waals surface area (Å²) in [7, 11) is 1.61. The molecule has 0 spiro atoms. The van der Waals surface area contributed by atoms with E-state index in [9.17, 15) is 4.79 Å². The standard InChI is InChI=1S/C18H24N2O4/c1-18(2,3)24-17(21)20-13-8-12(9-14(20)11-23-10-13)15-6-5-7-16(19-15)22-4/h5-8,13-14H,9-11H2,1-4H3. The maximum Gasteiger partial charge on any atom is 0.411 e. The van der Waals surface area contributed by atoms with E-state index < -0.39 is 5.60 Å². The Kier molecular flexibility index (Phi) is 4.49. The molecule has 0 saturated carbocycles. The Hall–Kier alpha value is -2.08. The predicted molar refractivity (Wildman–Crippen MR) is 89.9 cm³/mol. The number of rotatable bonds is 2. The van der Waals surface area contributed by atoms with Gasteiger partial charge in [0.1, 0.15) is 5.60 Å². The third kappa shape index (κ3) is 3.53. The van der Waals surface area contributed by atoms with Gasteiger partial charge in [-0.3, -0.25) is 4.90 Å². The second kappa shape index (κ2) is 6.43. The minimum absolute atomic E-state index is 0.0356. The van der Waals surface area contributed by atoms with E-state index in [2.05, 4.69) is 11.1 Å². The van der Waals surface area contributed by atoms with Crippen molar-refractivity contribution in [2.45, 2.75) is 44.9 Å². The van der Waals surface area contributed by atoms with Gasteiger partial charge in [-0.05, 0) is 38.8 Å². The maximum absolute atomic E-state index is 12.6. The van der Waals surface area contributed by atoms with Crippen LogP contribution in [-0.4, -0.2) is 54.0 Å². The Morgan fingerprint density at radius 1 is 1.33 bits per heavy atom. The van der Waals surface area contributed by atoms with Gasteiger partial charge in [0.15, 0.2) is 0 Å². The fourth-order valence-electron chi connectivity index (χ4n) is 3.09. The average molecular weight is 332 g/mol. The van der Waals surface area contributed by atoms with Gasteiger partial charge in [0.05, 0.1) is 38.1 Å². The Morgan fingerprint density at radius 2 is 2.12 bits per heavy atom. The van der Waals surface area contributed by atoms with E-state index in [1.165, 1.54) is 0 Å². The fourth-order valence-corrected chi connectivity index (χ4v) is 3.09. The number of carbonyl (C=O) groups excluding carboxylic acids is 1. The molecule has 3 rings (SSSR count). The van der Waals surface area contributed by atoms with E-state index in [1.54, 1.807) is 12.0 Å². The summed E-state index contributed by atoms with van der Waals surface area (Å²) in [6.07, 6.45) is 2.46. The van der Waals surface area contributed by atoms with Crippen LogP contribution in [0.2, 0.25) is 0 Å². The number of carbonyl (C=O) groups is 1. The lowest BCUT2D eigenvalue weighted by atomic mass is 9.92. The third-order valence-corrected chi connectivity index (χ3v) is 4.06. The molecule has 2 aliphatic rings. The predicted octanol–water partition coefficient (Wildman–Crippen LogP) is 2.88. The largest absolute Gasteiger partial charge is 0.481 e. The lowest BCUT2D eigenvalue weighted by Crippen LogP contribution is -2.57. The number of aromatic nitrogens is 1. The fraction of sp³-hybridized carbons (Fsp3) is 0.556. The van der Waals surface area contributed by atoms with Gasteiger partial charge < -0.3 is 14.2 Å². The van der Waals surface area contributed by atoms with Crippen LogP contribution in [-0.2, 0) is 9.47 Å². The van der Waals surface area contributed by atoms with Gasteiger partial charge in [-0.2, -0.15) is 0 Å². The van der Waals surface area contributed by atoms with Crippen LogP contribution in [0.5, 0.6) is 5.88 Å². The number of hydrogen-bond acceptors (Lipinski definition) is 5. The van der Waals surface area contributed by atoms with Crippen LogP contribution in [0.25, 0.3) is 5.57 Å². The van der Waals surface area contributed by atoms with Gasteiger partial charge >= 0.3 is 6.09 Å². The lowest BCUT2D eigenvalue weighted by Gasteiger charge is -2.44. The molecular formula is C18H24N2O4. The minimum Gasteiger partial charge on any atom is -0.481 e. The Balaban J connectivity index is 1.85. The summed E-state index contributed by atoms with van der Waals surface area (Å²) in [6.45, 7) is 6.62. The number of amides is 1.